The number of aliphatic imine (C=N–C) groups is 1. The van der Waals surface area contributed by atoms with Crippen LogP contribution in [0.4, 0.5) is 0 Å². The molecule has 2 N–H and O–H groups in total. The second-order valence-corrected chi connectivity index (χ2v) is 6.18. The summed E-state index contributed by atoms with van der Waals surface area (Å²) in [5.41, 5.74) is 3.64. The number of rotatable bonds is 7. The SMILES string of the molecule is CN=C(NCCCn1ccnc1)NC(C)Cc1c(C)nn(C)c1C. The monoisotopic (exact) mass is 331 g/mol. The van der Waals surface area contributed by atoms with Crippen LogP contribution < -0.4 is 10.6 Å². The lowest BCUT2D eigenvalue weighted by atomic mass is 10.1. The van der Waals surface area contributed by atoms with Crippen LogP contribution in [0.5, 0.6) is 0 Å². The minimum absolute atomic E-state index is 0.284. The van der Waals surface area contributed by atoms with Gasteiger partial charge in [0.05, 0.1) is 12.0 Å². The number of hydrogen-bond acceptors (Lipinski definition) is 3. The van der Waals surface area contributed by atoms with Crippen LogP contribution in [0.3, 0.4) is 0 Å². The first-order valence-corrected chi connectivity index (χ1v) is 8.43. The Morgan fingerprint density at radius 3 is 2.75 bits per heavy atom. The highest BCUT2D eigenvalue weighted by Gasteiger charge is 2.13. The van der Waals surface area contributed by atoms with Crippen molar-refractivity contribution in [1.82, 2.24) is 30.0 Å². The van der Waals surface area contributed by atoms with Crippen molar-refractivity contribution in [2.24, 2.45) is 12.0 Å². The van der Waals surface area contributed by atoms with Crippen molar-refractivity contribution in [2.75, 3.05) is 13.6 Å². The largest absolute Gasteiger partial charge is 0.356 e. The van der Waals surface area contributed by atoms with Gasteiger partial charge < -0.3 is 15.2 Å². The molecule has 0 fully saturated rings. The van der Waals surface area contributed by atoms with Crippen LogP contribution in [0, 0.1) is 13.8 Å². The summed E-state index contributed by atoms with van der Waals surface area (Å²) in [7, 11) is 3.79. The van der Waals surface area contributed by atoms with E-state index in [0.29, 0.717) is 0 Å². The normalized spacial score (nSPS) is 13.1. The first kappa shape index (κ1) is 18.0. The summed E-state index contributed by atoms with van der Waals surface area (Å²) in [6.07, 6.45) is 7.58. The third-order valence-corrected chi connectivity index (χ3v) is 4.22. The molecule has 0 bridgehead atoms. The number of aromatic nitrogens is 4. The van der Waals surface area contributed by atoms with Gasteiger partial charge in [-0.1, -0.05) is 0 Å². The molecule has 2 rings (SSSR count). The maximum Gasteiger partial charge on any atom is 0.191 e. The molecule has 2 aromatic heterocycles. The van der Waals surface area contributed by atoms with Gasteiger partial charge in [0, 0.05) is 51.3 Å². The molecule has 0 aliphatic rings. The van der Waals surface area contributed by atoms with E-state index in [1.54, 1.807) is 13.2 Å². The number of imidazole rings is 1. The van der Waals surface area contributed by atoms with Crippen molar-refractivity contribution >= 4 is 5.96 Å². The first-order chi connectivity index (χ1) is 11.5. The van der Waals surface area contributed by atoms with E-state index in [1.807, 2.05) is 24.3 Å². The maximum absolute atomic E-state index is 4.48. The molecule has 0 saturated carbocycles. The van der Waals surface area contributed by atoms with Crippen LogP contribution in [-0.4, -0.2) is 44.9 Å². The Bertz CT molecular complexity index is 655. The average Bonchev–Trinajstić information content (AvgIpc) is 3.14. The van der Waals surface area contributed by atoms with Crippen molar-refractivity contribution in [3.05, 3.63) is 35.7 Å². The molecule has 0 aliphatic heterocycles. The molecule has 1 atom stereocenters. The number of nitrogens with one attached hydrogen (secondary N) is 2. The molecular formula is C17H29N7. The van der Waals surface area contributed by atoms with E-state index in [0.717, 1.165) is 37.6 Å². The van der Waals surface area contributed by atoms with Crippen molar-refractivity contribution in [2.45, 2.75) is 46.2 Å². The summed E-state index contributed by atoms with van der Waals surface area (Å²) in [6.45, 7) is 8.18. The van der Waals surface area contributed by atoms with Gasteiger partial charge in [-0.15, -0.1) is 0 Å². The predicted octanol–water partition coefficient (Wildman–Crippen LogP) is 1.42. The zero-order chi connectivity index (χ0) is 17.5. The summed E-state index contributed by atoms with van der Waals surface area (Å²) in [4.78, 5) is 8.36. The summed E-state index contributed by atoms with van der Waals surface area (Å²) >= 11 is 0. The highest BCUT2D eigenvalue weighted by Crippen LogP contribution is 2.14. The second-order valence-electron chi connectivity index (χ2n) is 6.18. The van der Waals surface area contributed by atoms with E-state index >= 15 is 0 Å². The minimum atomic E-state index is 0.284. The van der Waals surface area contributed by atoms with Crippen LogP contribution >= 0.6 is 0 Å². The highest BCUT2D eigenvalue weighted by atomic mass is 15.3. The van der Waals surface area contributed by atoms with Crippen LogP contribution in [0.25, 0.3) is 0 Å². The molecule has 2 heterocycles. The number of nitrogens with zero attached hydrogens (tertiary/aromatic N) is 5. The summed E-state index contributed by atoms with van der Waals surface area (Å²) in [5, 5.41) is 11.3. The van der Waals surface area contributed by atoms with Gasteiger partial charge in [0.2, 0.25) is 0 Å². The molecule has 24 heavy (non-hydrogen) atoms. The lowest BCUT2D eigenvalue weighted by molar-refractivity contribution is 0.605. The molecule has 0 radical (unpaired) electrons. The van der Waals surface area contributed by atoms with Gasteiger partial charge in [-0.2, -0.15) is 5.10 Å². The van der Waals surface area contributed by atoms with Crippen LogP contribution in [0.15, 0.2) is 23.7 Å². The average molecular weight is 331 g/mol. The quantitative estimate of drug-likeness (QED) is 0.457. The second kappa shape index (κ2) is 8.52. The Hall–Kier alpha value is -2.31. The van der Waals surface area contributed by atoms with E-state index in [4.69, 9.17) is 0 Å². The Kier molecular flexibility index (Phi) is 6.40. The number of hydrogen-bond donors (Lipinski definition) is 2. The minimum Gasteiger partial charge on any atom is -0.356 e. The summed E-state index contributed by atoms with van der Waals surface area (Å²) in [6, 6.07) is 0.284. The van der Waals surface area contributed by atoms with Gasteiger partial charge in [0.1, 0.15) is 0 Å². The molecule has 7 heteroatoms. The highest BCUT2D eigenvalue weighted by molar-refractivity contribution is 5.79. The fraction of sp³-hybridized carbons (Fsp3) is 0.588. The third-order valence-electron chi connectivity index (χ3n) is 4.22. The molecule has 7 nitrogen and oxygen atoms in total. The molecule has 2 aromatic rings. The van der Waals surface area contributed by atoms with Gasteiger partial charge in [0.25, 0.3) is 0 Å². The number of guanidine groups is 1. The van der Waals surface area contributed by atoms with E-state index in [1.165, 1.54) is 11.3 Å². The fourth-order valence-electron chi connectivity index (χ4n) is 2.79. The maximum atomic E-state index is 4.48. The van der Waals surface area contributed by atoms with Gasteiger partial charge >= 0.3 is 0 Å². The Balaban J connectivity index is 1.77. The lowest BCUT2D eigenvalue weighted by Crippen LogP contribution is -2.43. The Morgan fingerprint density at radius 2 is 2.17 bits per heavy atom. The topological polar surface area (TPSA) is 72.1 Å². The molecule has 0 aliphatic carbocycles. The Labute approximate surface area is 144 Å². The molecule has 1 unspecified atom stereocenters. The predicted molar refractivity (Wildman–Crippen MR) is 97.2 cm³/mol. The van der Waals surface area contributed by atoms with E-state index in [9.17, 15) is 0 Å². The standard InChI is InChI=1S/C17H29N7/c1-13(11-16-14(2)22-23(5)15(16)3)21-17(18-4)20-7-6-9-24-10-8-19-12-24/h8,10,12-13H,6-7,9,11H2,1-5H3,(H2,18,20,21). The zero-order valence-electron chi connectivity index (χ0n) is 15.4. The summed E-state index contributed by atoms with van der Waals surface area (Å²) in [5.74, 6) is 0.840. The molecular weight excluding hydrogens is 302 g/mol. The lowest BCUT2D eigenvalue weighted by Gasteiger charge is -2.18. The molecule has 0 amide bonds. The van der Waals surface area contributed by atoms with Gasteiger partial charge in [-0.3, -0.25) is 9.67 Å². The van der Waals surface area contributed by atoms with Gasteiger partial charge in [0.15, 0.2) is 5.96 Å². The third kappa shape index (κ3) is 4.84. The number of aryl methyl sites for hydroxylation is 3. The fourth-order valence-corrected chi connectivity index (χ4v) is 2.79. The first-order valence-electron chi connectivity index (χ1n) is 8.43. The van der Waals surface area contributed by atoms with Crippen molar-refractivity contribution in [1.29, 1.82) is 0 Å². The van der Waals surface area contributed by atoms with Crippen LogP contribution in [0.1, 0.15) is 30.3 Å². The summed E-state index contributed by atoms with van der Waals surface area (Å²) < 4.78 is 4.02. The van der Waals surface area contributed by atoms with Crippen molar-refractivity contribution in [3.8, 4) is 0 Å². The van der Waals surface area contributed by atoms with E-state index in [-0.39, 0.29) is 6.04 Å². The smallest absolute Gasteiger partial charge is 0.191 e. The van der Waals surface area contributed by atoms with E-state index in [2.05, 4.69) is 51.0 Å². The van der Waals surface area contributed by atoms with Crippen LogP contribution in [0.2, 0.25) is 0 Å². The molecule has 0 aromatic carbocycles. The Morgan fingerprint density at radius 1 is 1.38 bits per heavy atom. The van der Waals surface area contributed by atoms with Crippen LogP contribution in [-0.2, 0) is 20.0 Å². The zero-order valence-corrected chi connectivity index (χ0v) is 15.4. The molecule has 0 saturated heterocycles. The van der Waals surface area contributed by atoms with E-state index < -0.39 is 0 Å². The van der Waals surface area contributed by atoms with Crippen molar-refractivity contribution < 1.29 is 0 Å². The van der Waals surface area contributed by atoms with Gasteiger partial charge in [-0.25, -0.2) is 4.98 Å². The molecule has 132 valence electrons. The van der Waals surface area contributed by atoms with Gasteiger partial charge in [-0.05, 0) is 39.2 Å². The molecule has 0 spiro atoms. The van der Waals surface area contributed by atoms with Crippen molar-refractivity contribution in [3.63, 3.8) is 0 Å².